The molecule has 4 heteroatoms. The molecule has 0 bridgehead atoms. The van der Waals surface area contributed by atoms with E-state index in [2.05, 4.69) is 0 Å². The molecule has 76 valence electrons. The van der Waals surface area contributed by atoms with Crippen molar-refractivity contribution in [3.63, 3.8) is 0 Å². The molecule has 0 saturated carbocycles. The molecule has 0 aliphatic heterocycles. The van der Waals surface area contributed by atoms with E-state index in [0.717, 1.165) is 5.56 Å². The number of carbonyl (C=O) groups is 1. The van der Waals surface area contributed by atoms with Crippen molar-refractivity contribution in [3.05, 3.63) is 23.8 Å². The SMILES string of the molecule is COc1ccc(CC(=O)Cl)c(OC)c1. The van der Waals surface area contributed by atoms with Gasteiger partial charge < -0.3 is 9.47 Å². The van der Waals surface area contributed by atoms with Gasteiger partial charge in [-0.25, -0.2) is 0 Å². The van der Waals surface area contributed by atoms with Crippen molar-refractivity contribution in [3.8, 4) is 11.5 Å². The minimum absolute atomic E-state index is 0.161. The highest BCUT2D eigenvalue weighted by Crippen LogP contribution is 2.25. The number of rotatable bonds is 4. The molecule has 3 nitrogen and oxygen atoms in total. The standard InChI is InChI=1S/C10H11ClO3/c1-13-8-4-3-7(5-10(11)12)9(6-8)14-2/h3-4,6H,5H2,1-2H3. The van der Waals surface area contributed by atoms with Crippen LogP contribution in [0, 0.1) is 0 Å². The molecule has 0 N–H and O–H groups in total. The van der Waals surface area contributed by atoms with Gasteiger partial charge in [0, 0.05) is 11.6 Å². The molecule has 0 spiro atoms. The second-order valence-corrected chi connectivity index (χ2v) is 3.13. The molecule has 0 amide bonds. The van der Waals surface area contributed by atoms with Crippen molar-refractivity contribution in [2.75, 3.05) is 14.2 Å². The summed E-state index contributed by atoms with van der Waals surface area (Å²) in [4.78, 5) is 10.7. The van der Waals surface area contributed by atoms with Gasteiger partial charge in [0.1, 0.15) is 11.5 Å². The molecule has 0 fully saturated rings. The Morgan fingerprint density at radius 1 is 1.36 bits per heavy atom. The van der Waals surface area contributed by atoms with E-state index in [0.29, 0.717) is 11.5 Å². The summed E-state index contributed by atoms with van der Waals surface area (Å²) in [6.07, 6.45) is 0.161. The molecule has 0 atom stereocenters. The Hall–Kier alpha value is -1.22. The summed E-state index contributed by atoms with van der Waals surface area (Å²) < 4.78 is 10.1. The third kappa shape index (κ3) is 2.64. The Kier molecular flexibility index (Phi) is 3.77. The number of carbonyl (C=O) groups excluding carboxylic acids is 1. The Bertz CT molecular complexity index is 336. The van der Waals surface area contributed by atoms with Gasteiger partial charge >= 0.3 is 0 Å². The van der Waals surface area contributed by atoms with Gasteiger partial charge in [0.2, 0.25) is 5.24 Å². The van der Waals surface area contributed by atoms with Crippen molar-refractivity contribution in [2.45, 2.75) is 6.42 Å². The summed E-state index contributed by atoms with van der Waals surface area (Å²) in [5.74, 6) is 1.30. The second-order valence-electron chi connectivity index (χ2n) is 2.71. The zero-order valence-electron chi connectivity index (χ0n) is 8.04. The number of hydrogen-bond acceptors (Lipinski definition) is 3. The van der Waals surface area contributed by atoms with E-state index >= 15 is 0 Å². The van der Waals surface area contributed by atoms with Crippen LogP contribution in [0.25, 0.3) is 0 Å². The largest absolute Gasteiger partial charge is 0.497 e. The van der Waals surface area contributed by atoms with Crippen molar-refractivity contribution < 1.29 is 14.3 Å². The zero-order chi connectivity index (χ0) is 10.6. The molecule has 0 radical (unpaired) electrons. The molecule has 1 aromatic rings. The van der Waals surface area contributed by atoms with Crippen LogP contribution in [0.4, 0.5) is 0 Å². The van der Waals surface area contributed by atoms with Gasteiger partial charge in [-0.3, -0.25) is 4.79 Å². The fraction of sp³-hybridized carbons (Fsp3) is 0.300. The molecule has 14 heavy (non-hydrogen) atoms. The predicted molar refractivity (Wildman–Crippen MR) is 54.1 cm³/mol. The number of benzene rings is 1. The van der Waals surface area contributed by atoms with Gasteiger partial charge in [-0.05, 0) is 17.7 Å². The molecular formula is C10H11ClO3. The smallest absolute Gasteiger partial charge is 0.226 e. The molecule has 0 aliphatic rings. The number of ether oxygens (including phenoxy) is 2. The molecule has 1 rings (SSSR count). The summed E-state index contributed by atoms with van der Waals surface area (Å²) in [6.45, 7) is 0. The predicted octanol–water partition coefficient (Wildman–Crippen LogP) is 2.01. The van der Waals surface area contributed by atoms with Crippen LogP contribution in [0.1, 0.15) is 5.56 Å². The Balaban J connectivity index is 2.98. The van der Waals surface area contributed by atoms with Crippen LogP contribution >= 0.6 is 11.6 Å². The number of hydrogen-bond donors (Lipinski definition) is 0. The first-order chi connectivity index (χ1) is 6.67. The van der Waals surface area contributed by atoms with E-state index in [1.165, 1.54) is 7.11 Å². The maximum Gasteiger partial charge on any atom is 0.226 e. The van der Waals surface area contributed by atoms with E-state index in [1.807, 2.05) is 0 Å². The molecule has 0 saturated heterocycles. The summed E-state index contributed by atoms with van der Waals surface area (Å²) in [5.41, 5.74) is 0.758. The van der Waals surface area contributed by atoms with E-state index in [4.69, 9.17) is 21.1 Å². The Morgan fingerprint density at radius 3 is 2.57 bits per heavy atom. The summed E-state index contributed by atoms with van der Waals surface area (Å²) in [5, 5.41) is -0.409. The van der Waals surface area contributed by atoms with E-state index in [1.54, 1.807) is 25.3 Å². The maximum atomic E-state index is 10.7. The van der Waals surface area contributed by atoms with Gasteiger partial charge in [0.15, 0.2) is 0 Å². The van der Waals surface area contributed by atoms with Gasteiger partial charge in [0.05, 0.1) is 20.6 Å². The normalized spacial score (nSPS) is 9.64. The van der Waals surface area contributed by atoms with E-state index in [-0.39, 0.29) is 6.42 Å². The lowest BCUT2D eigenvalue weighted by Crippen LogP contribution is -1.98. The fourth-order valence-electron chi connectivity index (χ4n) is 1.15. The van der Waals surface area contributed by atoms with Crippen LogP contribution in [0.2, 0.25) is 0 Å². The molecular weight excluding hydrogens is 204 g/mol. The fourth-order valence-corrected chi connectivity index (χ4v) is 1.29. The highest BCUT2D eigenvalue weighted by atomic mass is 35.5. The highest BCUT2D eigenvalue weighted by molar-refractivity contribution is 6.63. The van der Waals surface area contributed by atoms with Gasteiger partial charge in [0.25, 0.3) is 0 Å². The molecule has 0 unspecified atom stereocenters. The van der Waals surface area contributed by atoms with Crippen LogP contribution in [-0.2, 0) is 11.2 Å². The van der Waals surface area contributed by atoms with Crippen LogP contribution in [0.15, 0.2) is 18.2 Å². The first-order valence-electron chi connectivity index (χ1n) is 4.06. The molecule has 0 aromatic heterocycles. The third-order valence-corrected chi connectivity index (χ3v) is 1.96. The zero-order valence-corrected chi connectivity index (χ0v) is 8.80. The summed E-state index contributed by atoms with van der Waals surface area (Å²) in [7, 11) is 3.11. The number of halogens is 1. The van der Waals surface area contributed by atoms with Gasteiger partial charge in [-0.2, -0.15) is 0 Å². The average Bonchev–Trinajstić information content (AvgIpc) is 2.17. The van der Waals surface area contributed by atoms with Crippen molar-refractivity contribution in [2.24, 2.45) is 0 Å². The summed E-state index contributed by atoms with van der Waals surface area (Å²) in [6, 6.07) is 5.24. The maximum absolute atomic E-state index is 10.7. The van der Waals surface area contributed by atoms with Crippen molar-refractivity contribution in [1.29, 1.82) is 0 Å². The Labute approximate surface area is 87.6 Å². The van der Waals surface area contributed by atoms with E-state index in [9.17, 15) is 4.79 Å². The first-order valence-corrected chi connectivity index (χ1v) is 4.44. The lowest BCUT2D eigenvalue weighted by atomic mass is 10.1. The van der Waals surface area contributed by atoms with Gasteiger partial charge in [-0.15, -0.1) is 0 Å². The highest BCUT2D eigenvalue weighted by Gasteiger charge is 2.07. The molecule has 1 aromatic carbocycles. The van der Waals surface area contributed by atoms with Crippen molar-refractivity contribution in [1.82, 2.24) is 0 Å². The number of methoxy groups -OCH3 is 2. The quantitative estimate of drug-likeness (QED) is 0.720. The lowest BCUT2D eigenvalue weighted by molar-refractivity contribution is -0.111. The monoisotopic (exact) mass is 214 g/mol. The average molecular weight is 215 g/mol. The molecule has 0 aliphatic carbocycles. The van der Waals surface area contributed by atoms with E-state index < -0.39 is 5.24 Å². The van der Waals surface area contributed by atoms with Crippen LogP contribution < -0.4 is 9.47 Å². The van der Waals surface area contributed by atoms with Crippen molar-refractivity contribution >= 4 is 16.8 Å². The topological polar surface area (TPSA) is 35.5 Å². The minimum Gasteiger partial charge on any atom is -0.497 e. The first kappa shape index (κ1) is 10.9. The Morgan fingerprint density at radius 2 is 2.07 bits per heavy atom. The van der Waals surface area contributed by atoms with Crippen LogP contribution in [-0.4, -0.2) is 19.5 Å². The second kappa shape index (κ2) is 4.86. The summed E-state index contributed by atoms with van der Waals surface area (Å²) >= 11 is 5.29. The van der Waals surface area contributed by atoms with Gasteiger partial charge in [-0.1, -0.05) is 6.07 Å². The molecule has 0 heterocycles. The minimum atomic E-state index is -0.409. The van der Waals surface area contributed by atoms with Crippen LogP contribution in [0.3, 0.4) is 0 Å². The lowest BCUT2D eigenvalue weighted by Gasteiger charge is -2.08. The van der Waals surface area contributed by atoms with Crippen LogP contribution in [0.5, 0.6) is 11.5 Å². The third-order valence-electron chi connectivity index (χ3n) is 1.82.